The molecular weight excluding hydrogens is 300 g/mol. The van der Waals surface area contributed by atoms with E-state index in [0.29, 0.717) is 19.6 Å². The summed E-state index contributed by atoms with van der Waals surface area (Å²) in [5.41, 5.74) is 0. The number of hydrogen-bond donors (Lipinski definition) is 2. The standard InChI is InChI=1S/C15H34N4O2S/c1-5-8-9-10-12-17-15(16-6-2)18-13-11-14-19(7-3)22(4,20)21/h5-14H2,1-4H3,(H2,16,17,18). The second-order valence-corrected chi connectivity index (χ2v) is 7.34. The maximum atomic E-state index is 11.5. The third kappa shape index (κ3) is 10.8. The fourth-order valence-corrected chi connectivity index (χ4v) is 3.03. The highest BCUT2D eigenvalue weighted by Crippen LogP contribution is 1.99. The van der Waals surface area contributed by atoms with E-state index in [0.717, 1.165) is 31.9 Å². The van der Waals surface area contributed by atoms with Crippen LogP contribution in [0.3, 0.4) is 0 Å². The quantitative estimate of drug-likeness (QED) is 0.324. The molecule has 0 saturated heterocycles. The Bertz CT molecular complexity index is 396. The summed E-state index contributed by atoms with van der Waals surface area (Å²) >= 11 is 0. The molecule has 0 amide bonds. The zero-order valence-corrected chi connectivity index (χ0v) is 15.5. The van der Waals surface area contributed by atoms with E-state index < -0.39 is 10.0 Å². The molecule has 7 heteroatoms. The van der Waals surface area contributed by atoms with Crippen LogP contribution in [-0.4, -0.2) is 57.7 Å². The topological polar surface area (TPSA) is 73.8 Å². The largest absolute Gasteiger partial charge is 0.357 e. The lowest BCUT2D eigenvalue weighted by Gasteiger charge is -2.17. The Morgan fingerprint density at radius 2 is 1.77 bits per heavy atom. The molecule has 0 heterocycles. The van der Waals surface area contributed by atoms with E-state index in [4.69, 9.17) is 0 Å². The van der Waals surface area contributed by atoms with E-state index in [1.54, 1.807) is 0 Å². The summed E-state index contributed by atoms with van der Waals surface area (Å²) in [4.78, 5) is 4.49. The van der Waals surface area contributed by atoms with Crippen molar-refractivity contribution in [2.75, 3.05) is 39.0 Å². The number of hydrogen-bond acceptors (Lipinski definition) is 3. The van der Waals surface area contributed by atoms with Crippen LogP contribution in [0, 0.1) is 0 Å². The zero-order chi connectivity index (χ0) is 16.8. The highest BCUT2D eigenvalue weighted by Gasteiger charge is 2.12. The number of guanidine groups is 1. The fourth-order valence-electron chi connectivity index (χ4n) is 2.10. The highest BCUT2D eigenvalue weighted by molar-refractivity contribution is 7.88. The molecule has 0 unspecified atom stereocenters. The summed E-state index contributed by atoms with van der Waals surface area (Å²) < 4.78 is 24.5. The lowest BCUT2D eigenvalue weighted by molar-refractivity contribution is 0.427. The SMILES string of the molecule is CCCCCCNC(=NCCCN(CC)S(C)(=O)=O)NCC. The molecule has 0 radical (unpaired) electrons. The van der Waals surface area contributed by atoms with Gasteiger partial charge in [0.25, 0.3) is 0 Å². The molecule has 0 fully saturated rings. The minimum absolute atomic E-state index is 0.512. The normalized spacial score (nSPS) is 12.7. The first-order chi connectivity index (χ1) is 10.5. The molecule has 0 saturated carbocycles. The Morgan fingerprint density at radius 1 is 1.05 bits per heavy atom. The van der Waals surface area contributed by atoms with Gasteiger partial charge in [0.2, 0.25) is 10.0 Å². The van der Waals surface area contributed by atoms with Crippen LogP contribution in [0.1, 0.15) is 52.9 Å². The monoisotopic (exact) mass is 334 g/mol. The molecule has 6 nitrogen and oxygen atoms in total. The Kier molecular flexibility index (Phi) is 12.2. The van der Waals surface area contributed by atoms with Crippen LogP contribution in [0.5, 0.6) is 0 Å². The highest BCUT2D eigenvalue weighted by atomic mass is 32.2. The van der Waals surface area contributed by atoms with Crippen molar-refractivity contribution >= 4 is 16.0 Å². The molecule has 0 spiro atoms. The van der Waals surface area contributed by atoms with E-state index in [1.165, 1.54) is 29.8 Å². The van der Waals surface area contributed by atoms with Gasteiger partial charge >= 0.3 is 0 Å². The molecule has 2 N–H and O–H groups in total. The first-order valence-electron chi connectivity index (χ1n) is 8.42. The zero-order valence-electron chi connectivity index (χ0n) is 14.7. The van der Waals surface area contributed by atoms with Gasteiger partial charge in [-0.05, 0) is 19.8 Å². The van der Waals surface area contributed by atoms with E-state index in [2.05, 4.69) is 22.5 Å². The molecule has 0 bridgehead atoms. The Hall–Kier alpha value is -0.820. The van der Waals surface area contributed by atoms with Gasteiger partial charge in [0.05, 0.1) is 6.26 Å². The minimum atomic E-state index is -3.10. The second kappa shape index (κ2) is 12.7. The van der Waals surface area contributed by atoms with Gasteiger partial charge in [-0.3, -0.25) is 4.99 Å². The van der Waals surface area contributed by atoms with Gasteiger partial charge < -0.3 is 10.6 Å². The van der Waals surface area contributed by atoms with Crippen LogP contribution in [0.2, 0.25) is 0 Å². The van der Waals surface area contributed by atoms with E-state index in [9.17, 15) is 8.42 Å². The van der Waals surface area contributed by atoms with Crippen molar-refractivity contribution in [3.8, 4) is 0 Å². The molecular formula is C15H34N4O2S. The van der Waals surface area contributed by atoms with Crippen LogP contribution in [0.25, 0.3) is 0 Å². The Labute approximate surface area is 136 Å². The lowest BCUT2D eigenvalue weighted by atomic mass is 10.2. The molecule has 0 atom stereocenters. The Balaban J connectivity index is 4.10. The molecule has 132 valence electrons. The number of rotatable bonds is 12. The van der Waals surface area contributed by atoms with Gasteiger partial charge in [-0.2, -0.15) is 0 Å². The smallest absolute Gasteiger partial charge is 0.211 e. The van der Waals surface area contributed by atoms with E-state index >= 15 is 0 Å². The number of aliphatic imine (C=N–C) groups is 1. The maximum absolute atomic E-state index is 11.5. The minimum Gasteiger partial charge on any atom is -0.357 e. The summed E-state index contributed by atoms with van der Waals surface area (Å²) in [6.45, 7) is 9.50. The molecule has 0 aliphatic rings. The van der Waals surface area contributed by atoms with E-state index in [-0.39, 0.29) is 0 Å². The van der Waals surface area contributed by atoms with Crippen LogP contribution in [0.4, 0.5) is 0 Å². The fraction of sp³-hybridized carbons (Fsp3) is 0.933. The third-order valence-corrected chi connectivity index (χ3v) is 4.70. The van der Waals surface area contributed by atoms with Crippen molar-refractivity contribution in [3.63, 3.8) is 0 Å². The van der Waals surface area contributed by atoms with Crippen molar-refractivity contribution in [3.05, 3.63) is 0 Å². The second-order valence-electron chi connectivity index (χ2n) is 5.36. The first-order valence-corrected chi connectivity index (χ1v) is 10.3. The van der Waals surface area contributed by atoms with Crippen molar-refractivity contribution in [1.82, 2.24) is 14.9 Å². The first kappa shape index (κ1) is 21.2. The van der Waals surface area contributed by atoms with E-state index in [1.807, 2.05) is 13.8 Å². The molecule has 0 rings (SSSR count). The molecule has 22 heavy (non-hydrogen) atoms. The number of sulfonamides is 1. The molecule has 0 aromatic heterocycles. The maximum Gasteiger partial charge on any atom is 0.211 e. The molecule has 0 aromatic rings. The lowest BCUT2D eigenvalue weighted by Crippen LogP contribution is -2.38. The predicted molar refractivity (Wildman–Crippen MR) is 94.8 cm³/mol. The van der Waals surface area contributed by atoms with Gasteiger partial charge in [-0.15, -0.1) is 0 Å². The third-order valence-electron chi connectivity index (χ3n) is 3.32. The van der Waals surface area contributed by atoms with Crippen LogP contribution < -0.4 is 10.6 Å². The summed E-state index contributed by atoms with van der Waals surface area (Å²) in [6, 6.07) is 0. The van der Waals surface area contributed by atoms with Gasteiger partial charge in [0.15, 0.2) is 5.96 Å². The predicted octanol–water partition coefficient (Wildman–Crippen LogP) is 1.79. The van der Waals surface area contributed by atoms with Crippen molar-refractivity contribution in [2.45, 2.75) is 52.9 Å². The van der Waals surface area contributed by atoms with Crippen LogP contribution >= 0.6 is 0 Å². The molecule has 0 aliphatic carbocycles. The summed E-state index contributed by atoms with van der Waals surface area (Å²) in [5.74, 6) is 0.821. The summed E-state index contributed by atoms with van der Waals surface area (Å²) in [7, 11) is -3.10. The van der Waals surface area contributed by atoms with Gasteiger partial charge in [-0.1, -0.05) is 33.1 Å². The van der Waals surface area contributed by atoms with Crippen LogP contribution in [-0.2, 0) is 10.0 Å². The average molecular weight is 335 g/mol. The van der Waals surface area contributed by atoms with Gasteiger partial charge in [-0.25, -0.2) is 12.7 Å². The van der Waals surface area contributed by atoms with Gasteiger partial charge in [0, 0.05) is 32.7 Å². The van der Waals surface area contributed by atoms with Crippen LogP contribution in [0.15, 0.2) is 4.99 Å². The summed E-state index contributed by atoms with van der Waals surface area (Å²) in [6.07, 6.45) is 6.88. The van der Waals surface area contributed by atoms with Crippen molar-refractivity contribution in [2.24, 2.45) is 4.99 Å². The molecule has 0 aliphatic heterocycles. The van der Waals surface area contributed by atoms with Crippen molar-refractivity contribution in [1.29, 1.82) is 0 Å². The van der Waals surface area contributed by atoms with Gasteiger partial charge in [0.1, 0.15) is 0 Å². The number of unbranched alkanes of at least 4 members (excludes halogenated alkanes) is 3. The number of nitrogens with zero attached hydrogens (tertiary/aromatic N) is 2. The summed E-state index contributed by atoms with van der Waals surface area (Å²) in [5, 5.41) is 6.53. The van der Waals surface area contributed by atoms with Crippen molar-refractivity contribution < 1.29 is 8.42 Å². The molecule has 0 aromatic carbocycles. The Morgan fingerprint density at radius 3 is 2.32 bits per heavy atom. The average Bonchev–Trinajstić information content (AvgIpc) is 2.45. The number of nitrogens with one attached hydrogen (secondary N) is 2.